The van der Waals surface area contributed by atoms with Crippen molar-refractivity contribution in [2.24, 2.45) is 5.92 Å². The maximum Gasteiger partial charge on any atom is 0.472 e. The number of carbonyl (C=O) groups is 3. The summed E-state index contributed by atoms with van der Waals surface area (Å²) in [6, 6.07) is 0. The first kappa shape index (κ1) is 59.8. The molecule has 0 fully saturated rings. The number of aliphatic hydroxyl groups is 1. The third-order valence-electron chi connectivity index (χ3n) is 9.61. The lowest BCUT2D eigenvalue weighted by Gasteiger charge is -2.20. The van der Waals surface area contributed by atoms with Gasteiger partial charge >= 0.3 is 27.6 Å². The van der Waals surface area contributed by atoms with E-state index < -0.39 is 66.2 Å². The van der Waals surface area contributed by atoms with Crippen molar-refractivity contribution in [2.75, 3.05) is 26.4 Å². The Kier molecular flexibility index (Phi) is 38.8. The molecule has 1 unspecified atom stereocenters. The lowest BCUT2D eigenvalue weighted by atomic mass is 10.0. The van der Waals surface area contributed by atoms with Crippen LogP contribution >= 0.6 is 15.6 Å². The molecule has 0 rings (SSSR count). The minimum Gasteiger partial charge on any atom is -0.462 e. The zero-order valence-corrected chi connectivity index (χ0v) is 39.9. The standard InChI is InChI=1S/C46H82O14P2/c1-4-5-6-7-8-9-10-13-17-20-23-26-29-33-42(47)34-31-36-46(50)60-44(40-59-62(54,55)58-38-43(48)37-57-61(51,52)53)39-56-45(49)35-30-27-24-21-18-15-12-11-14-16-19-22-25-28-32-41(2)3/h8-9,13,17,23,26,29,33,41,43-44,48H,4-7,10-12,14-16,18-22,24-25,27-28,30-32,34-40H2,1-3H3,(H,54,55)(H2,51,52,53)/b9-8-,17-13-,26-23-,33-29+/t43-,44+/m0/s1. The number of ketones is 1. The highest BCUT2D eigenvalue weighted by Gasteiger charge is 2.28. The van der Waals surface area contributed by atoms with Crippen LogP contribution in [0.15, 0.2) is 48.6 Å². The van der Waals surface area contributed by atoms with Gasteiger partial charge in [-0.15, -0.1) is 0 Å². The Labute approximate surface area is 373 Å². The van der Waals surface area contributed by atoms with Crippen LogP contribution in [0.1, 0.15) is 181 Å². The molecular formula is C46H82O14P2. The zero-order chi connectivity index (χ0) is 46.2. The average Bonchev–Trinajstić information content (AvgIpc) is 3.21. The van der Waals surface area contributed by atoms with Crippen LogP contribution in [-0.4, -0.2) is 76.1 Å². The van der Waals surface area contributed by atoms with E-state index in [-0.39, 0.29) is 31.5 Å². The average molecular weight is 921 g/mol. The van der Waals surface area contributed by atoms with Crippen molar-refractivity contribution in [1.29, 1.82) is 0 Å². The van der Waals surface area contributed by atoms with Crippen molar-refractivity contribution >= 4 is 33.4 Å². The van der Waals surface area contributed by atoms with Gasteiger partial charge in [0.15, 0.2) is 11.9 Å². The second-order valence-corrected chi connectivity index (χ2v) is 18.9. The number of hydrogen-bond donors (Lipinski definition) is 4. The zero-order valence-electron chi connectivity index (χ0n) is 38.1. The quantitative estimate of drug-likeness (QED) is 0.0112. The molecule has 62 heavy (non-hydrogen) atoms. The summed E-state index contributed by atoms with van der Waals surface area (Å²) in [5, 5.41) is 9.75. The minimum absolute atomic E-state index is 0.0761. The number of aliphatic hydroxyl groups excluding tert-OH is 1. The van der Waals surface area contributed by atoms with Crippen LogP contribution in [0.2, 0.25) is 0 Å². The molecule has 0 radical (unpaired) electrons. The fourth-order valence-corrected chi connectivity index (χ4v) is 7.23. The maximum absolute atomic E-state index is 12.7. The molecule has 360 valence electrons. The molecule has 0 bridgehead atoms. The number of phosphoric acid groups is 2. The number of ether oxygens (including phenoxy) is 2. The first-order valence-corrected chi connectivity index (χ1v) is 26.2. The summed E-state index contributed by atoms with van der Waals surface area (Å²) in [5.41, 5.74) is 0. The second-order valence-electron chi connectivity index (χ2n) is 16.2. The first-order chi connectivity index (χ1) is 29.6. The van der Waals surface area contributed by atoms with Crippen LogP contribution in [0, 0.1) is 5.92 Å². The van der Waals surface area contributed by atoms with Gasteiger partial charge in [-0.3, -0.25) is 28.0 Å². The summed E-state index contributed by atoms with van der Waals surface area (Å²) in [7, 11) is -9.76. The van der Waals surface area contributed by atoms with Crippen molar-refractivity contribution in [1.82, 2.24) is 0 Å². The predicted octanol–water partition coefficient (Wildman–Crippen LogP) is 11.3. The fourth-order valence-electron chi connectivity index (χ4n) is 6.07. The molecule has 0 saturated heterocycles. The van der Waals surface area contributed by atoms with Crippen molar-refractivity contribution < 1.29 is 66.3 Å². The van der Waals surface area contributed by atoms with Gasteiger partial charge in [-0.1, -0.05) is 166 Å². The summed E-state index contributed by atoms with van der Waals surface area (Å²) in [5.74, 6) is -0.665. The highest BCUT2D eigenvalue weighted by molar-refractivity contribution is 7.47. The van der Waals surface area contributed by atoms with E-state index in [9.17, 15) is 33.5 Å². The van der Waals surface area contributed by atoms with Gasteiger partial charge in [0.1, 0.15) is 12.7 Å². The van der Waals surface area contributed by atoms with Gasteiger partial charge in [-0.05, 0) is 50.5 Å². The van der Waals surface area contributed by atoms with Crippen LogP contribution in [0.3, 0.4) is 0 Å². The smallest absolute Gasteiger partial charge is 0.462 e. The van der Waals surface area contributed by atoms with Gasteiger partial charge in [0.05, 0.1) is 19.8 Å². The molecule has 0 aliphatic carbocycles. The van der Waals surface area contributed by atoms with Crippen molar-refractivity contribution in [3.05, 3.63) is 48.6 Å². The summed E-state index contributed by atoms with van der Waals surface area (Å²) < 4.78 is 47.6. The van der Waals surface area contributed by atoms with E-state index in [1.165, 1.54) is 96.0 Å². The fraction of sp³-hybridized carbons (Fsp3) is 0.761. The monoisotopic (exact) mass is 921 g/mol. The lowest BCUT2D eigenvalue weighted by molar-refractivity contribution is -0.161. The number of carbonyl (C=O) groups excluding carboxylic acids is 3. The third-order valence-corrected chi connectivity index (χ3v) is 11.1. The first-order valence-electron chi connectivity index (χ1n) is 23.1. The third kappa shape index (κ3) is 44.4. The van der Waals surface area contributed by atoms with E-state index in [0.717, 1.165) is 44.4 Å². The molecule has 0 aliphatic rings. The van der Waals surface area contributed by atoms with Crippen LogP contribution < -0.4 is 0 Å². The molecule has 0 amide bonds. The van der Waals surface area contributed by atoms with Gasteiger partial charge in [-0.2, -0.15) is 0 Å². The molecule has 0 aromatic carbocycles. The molecular weight excluding hydrogens is 838 g/mol. The largest absolute Gasteiger partial charge is 0.472 e. The molecule has 3 atom stereocenters. The molecule has 14 nitrogen and oxygen atoms in total. The molecule has 16 heteroatoms. The number of hydrogen-bond acceptors (Lipinski definition) is 11. The van der Waals surface area contributed by atoms with Gasteiger partial charge < -0.3 is 29.3 Å². The van der Waals surface area contributed by atoms with Gasteiger partial charge in [0, 0.05) is 19.3 Å². The van der Waals surface area contributed by atoms with E-state index >= 15 is 0 Å². The Hall–Kier alpha value is -2.25. The predicted molar refractivity (Wildman–Crippen MR) is 244 cm³/mol. The molecule has 0 aromatic heterocycles. The van der Waals surface area contributed by atoms with Crippen LogP contribution in [0.5, 0.6) is 0 Å². The van der Waals surface area contributed by atoms with Crippen molar-refractivity contribution in [2.45, 2.75) is 193 Å². The molecule has 0 spiro atoms. The molecule has 0 heterocycles. The number of phosphoric ester groups is 2. The topological polar surface area (TPSA) is 212 Å². The number of unbranched alkanes of at least 4 members (excludes halogenated alkanes) is 16. The second kappa shape index (κ2) is 40.3. The number of esters is 2. The van der Waals surface area contributed by atoms with Crippen LogP contribution in [0.4, 0.5) is 0 Å². The van der Waals surface area contributed by atoms with Crippen molar-refractivity contribution in [3.8, 4) is 0 Å². The molecule has 4 N–H and O–H groups in total. The van der Waals surface area contributed by atoms with Crippen LogP contribution in [-0.2, 0) is 46.6 Å². The summed E-state index contributed by atoms with van der Waals surface area (Å²) in [4.78, 5) is 65.0. The van der Waals surface area contributed by atoms with E-state index in [1.54, 1.807) is 12.2 Å². The summed E-state index contributed by atoms with van der Waals surface area (Å²) in [6.07, 6.45) is 36.9. The Morgan fingerprint density at radius 2 is 1.10 bits per heavy atom. The lowest BCUT2D eigenvalue weighted by Crippen LogP contribution is -2.30. The van der Waals surface area contributed by atoms with E-state index in [0.29, 0.717) is 6.42 Å². The van der Waals surface area contributed by atoms with E-state index in [4.69, 9.17) is 23.8 Å². The Morgan fingerprint density at radius 1 is 0.565 bits per heavy atom. The van der Waals surface area contributed by atoms with Crippen molar-refractivity contribution in [3.63, 3.8) is 0 Å². The SMILES string of the molecule is CCCCC/C=C\C/C=C\C/C=C\C=C\C(=O)CCCC(=O)O[C@H](COC(=O)CCCCCCCCCCCCCCCCC(C)C)COP(=O)(O)OC[C@@H](O)COP(=O)(O)O. The molecule has 0 aromatic rings. The van der Waals surface area contributed by atoms with Crippen LogP contribution in [0.25, 0.3) is 0 Å². The highest BCUT2D eigenvalue weighted by Crippen LogP contribution is 2.43. The number of allylic oxidation sites excluding steroid dienone is 8. The van der Waals surface area contributed by atoms with E-state index in [2.05, 4.69) is 54.1 Å². The van der Waals surface area contributed by atoms with Gasteiger partial charge in [0.2, 0.25) is 0 Å². The minimum atomic E-state index is -4.89. The Bertz CT molecular complexity index is 1360. The Balaban J connectivity index is 4.66. The van der Waals surface area contributed by atoms with Gasteiger partial charge in [-0.25, -0.2) is 9.13 Å². The molecule has 0 saturated carbocycles. The highest BCUT2D eigenvalue weighted by atomic mass is 31.2. The summed E-state index contributed by atoms with van der Waals surface area (Å²) in [6.45, 7) is 3.80. The number of rotatable bonds is 43. The summed E-state index contributed by atoms with van der Waals surface area (Å²) >= 11 is 0. The van der Waals surface area contributed by atoms with Gasteiger partial charge in [0.25, 0.3) is 0 Å². The normalized spacial score (nSPS) is 14.4. The molecule has 0 aliphatic heterocycles. The maximum atomic E-state index is 12.7. The van der Waals surface area contributed by atoms with E-state index in [1.807, 2.05) is 6.08 Å². The Morgan fingerprint density at radius 3 is 1.69 bits per heavy atom.